The Morgan fingerprint density at radius 3 is 2.55 bits per heavy atom. The fraction of sp³-hybridized carbons (Fsp3) is 0.382. The maximum absolute atomic E-state index is 12.1. The molecule has 4 heteroatoms. The van der Waals surface area contributed by atoms with Gasteiger partial charge in [0.15, 0.2) is 0 Å². The van der Waals surface area contributed by atoms with E-state index in [-0.39, 0.29) is 11.8 Å². The molecular weight excluding hydrogens is 466 g/mol. The van der Waals surface area contributed by atoms with Crippen molar-refractivity contribution in [2.45, 2.75) is 59.3 Å². The number of carbonyl (C=O) groups is 1. The Hall–Kier alpha value is -3.37. The number of carbonyl (C=O) groups excluding carboxylic acids is 1. The van der Waals surface area contributed by atoms with Gasteiger partial charge in [-0.25, -0.2) is 0 Å². The van der Waals surface area contributed by atoms with Gasteiger partial charge in [0.1, 0.15) is 0 Å². The predicted molar refractivity (Wildman–Crippen MR) is 160 cm³/mol. The van der Waals surface area contributed by atoms with E-state index in [0.717, 1.165) is 38.2 Å². The third-order valence-corrected chi connectivity index (χ3v) is 8.11. The summed E-state index contributed by atoms with van der Waals surface area (Å²) in [5.74, 6) is 0.627. The van der Waals surface area contributed by atoms with Gasteiger partial charge < -0.3 is 15.2 Å². The standard InChI is InChI=1S/C34H41N3O/c1-23(2)34(38)35-28-11-7-10-27(22-28)26-16-19-37(20-17-26)18-8-13-30-31-21-24(3)14-15-32(31)36-33(30)29-12-6-5-9-25(29)4/h5-7,9-12,14-15,21-23,26,36H,8,13,16-20H2,1-4H3,(H,35,38). The molecule has 4 aromatic rings. The van der Waals surface area contributed by atoms with Crippen LogP contribution in [0.1, 0.15) is 61.3 Å². The van der Waals surface area contributed by atoms with Gasteiger partial charge in [0, 0.05) is 33.8 Å². The molecule has 0 unspecified atom stereocenters. The van der Waals surface area contributed by atoms with Gasteiger partial charge in [-0.3, -0.25) is 4.79 Å². The SMILES string of the molecule is Cc1ccc2[nH]c(-c3ccccc3C)c(CCCN3CCC(c4cccc(NC(=O)C(C)C)c4)CC3)c2c1. The van der Waals surface area contributed by atoms with Crippen molar-refractivity contribution >= 4 is 22.5 Å². The van der Waals surface area contributed by atoms with E-state index in [2.05, 4.69) is 89.7 Å². The number of aromatic amines is 1. The lowest BCUT2D eigenvalue weighted by atomic mass is 9.89. The van der Waals surface area contributed by atoms with E-state index in [0.29, 0.717) is 5.92 Å². The molecule has 2 heterocycles. The summed E-state index contributed by atoms with van der Waals surface area (Å²) >= 11 is 0. The zero-order valence-corrected chi connectivity index (χ0v) is 23.3. The number of aromatic nitrogens is 1. The number of fused-ring (bicyclic) bond motifs is 1. The monoisotopic (exact) mass is 507 g/mol. The number of anilines is 1. The Labute approximate surface area is 227 Å². The zero-order chi connectivity index (χ0) is 26.6. The van der Waals surface area contributed by atoms with Gasteiger partial charge in [-0.05, 0) is 106 Å². The molecule has 4 nitrogen and oxygen atoms in total. The summed E-state index contributed by atoms with van der Waals surface area (Å²) in [4.78, 5) is 18.5. The molecule has 1 aromatic heterocycles. The average molecular weight is 508 g/mol. The Balaban J connectivity index is 1.22. The summed E-state index contributed by atoms with van der Waals surface area (Å²) in [6.07, 6.45) is 4.57. The van der Waals surface area contributed by atoms with Crippen molar-refractivity contribution in [3.63, 3.8) is 0 Å². The van der Waals surface area contributed by atoms with Crippen LogP contribution in [0.5, 0.6) is 0 Å². The lowest BCUT2D eigenvalue weighted by Crippen LogP contribution is -2.33. The van der Waals surface area contributed by atoms with E-state index in [1.807, 2.05) is 19.9 Å². The van der Waals surface area contributed by atoms with Crippen LogP contribution in [0.25, 0.3) is 22.2 Å². The van der Waals surface area contributed by atoms with Crippen molar-refractivity contribution in [1.82, 2.24) is 9.88 Å². The summed E-state index contributed by atoms with van der Waals surface area (Å²) in [6, 6.07) is 23.9. The van der Waals surface area contributed by atoms with Crippen molar-refractivity contribution in [2.24, 2.45) is 5.92 Å². The highest BCUT2D eigenvalue weighted by Crippen LogP contribution is 2.34. The number of nitrogens with zero attached hydrogens (tertiary/aromatic N) is 1. The normalized spacial score (nSPS) is 14.9. The quantitative estimate of drug-likeness (QED) is 0.255. The first-order chi connectivity index (χ1) is 18.4. The number of likely N-dealkylation sites (tertiary alicyclic amines) is 1. The molecule has 3 aromatic carbocycles. The lowest BCUT2D eigenvalue weighted by molar-refractivity contribution is -0.118. The van der Waals surface area contributed by atoms with Crippen LogP contribution >= 0.6 is 0 Å². The molecule has 0 bridgehead atoms. The van der Waals surface area contributed by atoms with Gasteiger partial charge in [0.25, 0.3) is 0 Å². The predicted octanol–water partition coefficient (Wildman–Crippen LogP) is 7.86. The largest absolute Gasteiger partial charge is 0.354 e. The average Bonchev–Trinajstić information content (AvgIpc) is 3.26. The molecule has 0 saturated carbocycles. The molecule has 0 spiro atoms. The summed E-state index contributed by atoms with van der Waals surface area (Å²) in [5.41, 5.74) is 10.2. The third kappa shape index (κ3) is 5.86. The van der Waals surface area contributed by atoms with Gasteiger partial charge in [-0.2, -0.15) is 0 Å². The molecular formula is C34H41N3O. The van der Waals surface area contributed by atoms with Crippen LogP contribution in [0.3, 0.4) is 0 Å². The molecule has 2 N–H and O–H groups in total. The van der Waals surface area contributed by atoms with Crippen molar-refractivity contribution in [3.8, 4) is 11.3 Å². The highest BCUT2D eigenvalue weighted by molar-refractivity contribution is 5.92. The lowest BCUT2D eigenvalue weighted by Gasteiger charge is -2.32. The van der Waals surface area contributed by atoms with Gasteiger partial charge >= 0.3 is 0 Å². The Morgan fingerprint density at radius 2 is 1.79 bits per heavy atom. The number of aryl methyl sites for hydroxylation is 3. The summed E-state index contributed by atoms with van der Waals surface area (Å²) < 4.78 is 0. The number of hydrogen-bond donors (Lipinski definition) is 2. The van der Waals surface area contributed by atoms with E-state index in [9.17, 15) is 4.79 Å². The van der Waals surface area contributed by atoms with Crippen molar-refractivity contribution in [2.75, 3.05) is 25.0 Å². The Kier molecular flexibility index (Phi) is 7.99. The smallest absolute Gasteiger partial charge is 0.226 e. The second-order valence-electron chi connectivity index (χ2n) is 11.3. The number of piperidine rings is 1. The fourth-order valence-electron chi connectivity index (χ4n) is 5.83. The van der Waals surface area contributed by atoms with E-state index < -0.39 is 0 Å². The molecule has 1 aliphatic heterocycles. The van der Waals surface area contributed by atoms with Gasteiger partial charge in [-0.15, -0.1) is 0 Å². The van der Waals surface area contributed by atoms with E-state index in [1.54, 1.807) is 0 Å². The molecule has 0 atom stereocenters. The third-order valence-electron chi connectivity index (χ3n) is 8.11. The number of rotatable bonds is 8. The summed E-state index contributed by atoms with van der Waals surface area (Å²) in [7, 11) is 0. The second kappa shape index (κ2) is 11.6. The maximum atomic E-state index is 12.1. The van der Waals surface area contributed by atoms with Gasteiger partial charge in [-0.1, -0.05) is 61.9 Å². The zero-order valence-electron chi connectivity index (χ0n) is 23.3. The van der Waals surface area contributed by atoms with E-state index in [1.165, 1.54) is 57.3 Å². The molecule has 0 radical (unpaired) electrons. The fourth-order valence-corrected chi connectivity index (χ4v) is 5.83. The number of benzene rings is 3. The number of hydrogen-bond acceptors (Lipinski definition) is 2. The highest BCUT2D eigenvalue weighted by Gasteiger charge is 2.22. The molecule has 5 rings (SSSR count). The molecule has 1 aliphatic rings. The maximum Gasteiger partial charge on any atom is 0.226 e. The van der Waals surface area contributed by atoms with Crippen LogP contribution in [-0.2, 0) is 11.2 Å². The van der Waals surface area contributed by atoms with Crippen LogP contribution in [0.15, 0.2) is 66.7 Å². The second-order valence-corrected chi connectivity index (χ2v) is 11.3. The topological polar surface area (TPSA) is 48.1 Å². The molecule has 1 amide bonds. The molecule has 198 valence electrons. The van der Waals surface area contributed by atoms with Crippen molar-refractivity contribution in [1.29, 1.82) is 0 Å². The molecule has 1 fully saturated rings. The molecule has 0 aliphatic carbocycles. The molecule has 38 heavy (non-hydrogen) atoms. The van der Waals surface area contributed by atoms with Crippen LogP contribution in [0.4, 0.5) is 5.69 Å². The number of amides is 1. The van der Waals surface area contributed by atoms with Crippen LogP contribution < -0.4 is 5.32 Å². The van der Waals surface area contributed by atoms with Gasteiger partial charge in [0.2, 0.25) is 5.91 Å². The van der Waals surface area contributed by atoms with Crippen LogP contribution in [0, 0.1) is 19.8 Å². The Bertz CT molecular complexity index is 1410. The minimum Gasteiger partial charge on any atom is -0.354 e. The Morgan fingerprint density at radius 1 is 1.00 bits per heavy atom. The first-order valence-corrected chi connectivity index (χ1v) is 14.2. The highest BCUT2D eigenvalue weighted by atomic mass is 16.1. The first kappa shape index (κ1) is 26.2. The van der Waals surface area contributed by atoms with Gasteiger partial charge in [0.05, 0.1) is 0 Å². The van der Waals surface area contributed by atoms with Crippen molar-refractivity contribution in [3.05, 3.63) is 89.0 Å². The van der Waals surface area contributed by atoms with Crippen molar-refractivity contribution < 1.29 is 4.79 Å². The summed E-state index contributed by atoms with van der Waals surface area (Å²) in [5, 5.41) is 4.42. The summed E-state index contributed by atoms with van der Waals surface area (Å²) in [6.45, 7) is 11.6. The molecule has 1 saturated heterocycles. The van der Waals surface area contributed by atoms with Crippen LogP contribution in [-0.4, -0.2) is 35.4 Å². The minimum absolute atomic E-state index is 0.0111. The first-order valence-electron chi connectivity index (χ1n) is 14.2. The van der Waals surface area contributed by atoms with E-state index in [4.69, 9.17) is 0 Å². The number of nitrogens with one attached hydrogen (secondary N) is 2. The minimum atomic E-state index is -0.0111. The van der Waals surface area contributed by atoms with Crippen LogP contribution in [0.2, 0.25) is 0 Å². The number of H-pyrrole nitrogens is 1. The van der Waals surface area contributed by atoms with E-state index >= 15 is 0 Å².